The third-order valence-electron chi connectivity index (χ3n) is 4.73. The van der Waals surface area contributed by atoms with Crippen LogP contribution in [0.15, 0.2) is 65.8 Å². The summed E-state index contributed by atoms with van der Waals surface area (Å²) in [4.78, 5) is 11.9. The number of aryl methyl sites for hydroxylation is 1. The van der Waals surface area contributed by atoms with Crippen LogP contribution in [0.1, 0.15) is 37.5 Å². The van der Waals surface area contributed by atoms with Crippen LogP contribution in [0.3, 0.4) is 0 Å². The molecule has 1 aliphatic rings. The van der Waals surface area contributed by atoms with Gasteiger partial charge in [-0.1, -0.05) is 30.4 Å². The Hall–Kier alpha value is -2.85. The number of aromatic hydroxyl groups is 1. The number of amides is 1. The predicted octanol–water partition coefficient (Wildman–Crippen LogP) is 5.16. The number of nitrogens with two attached hydrogens (primary N) is 1. The lowest BCUT2D eigenvalue weighted by Crippen LogP contribution is -2.42. The number of phenols is 1. The topological polar surface area (TPSA) is 109 Å². The van der Waals surface area contributed by atoms with E-state index in [4.69, 9.17) is 10.5 Å². The van der Waals surface area contributed by atoms with Gasteiger partial charge in [0.2, 0.25) is 0 Å². The Kier molecular flexibility index (Phi) is 7.48. The average molecular weight is 560 g/mol. The summed E-state index contributed by atoms with van der Waals surface area (Å²) in [6.45, 7) is 7.62. The van der Waals surface area contributed by atoms with Crippen LogP contribution >= 0.6 is 22.6 Å². The summed E-state index contributed by atoms with van der Waals surface area (Å²) in [6.07, 6.45) is 7.43. The number of nitrogens with one attached hydrogen (secondary N) is 2. The van der Waals surface area contributed by atoms with Gasteiger partial charge in [0, 0.05) is 17.5 Å². The number of allylic oxidation sites excluding steroid dienone is 2. The minimum atomic E-state index is -0.713. The van der Waals surface area contributed by atoms with E-state index in [9.17, 15) is 9.90 Å². The van der Waals surface area contributed by atoms with Gasteiger partial charge in [-0.2, -0.15) is 5.10 Å². The SMILES string of the molecule is Cc1cc(Cc2ccc(OC(=O)NC(C)(C)C)cc2)c(O)c(N/N=C2/C=CC=CC2(N)I)c1. The van der Waals surface area contributed by atoms with Crippen LogP contribution in [-0.2, 0) is 6.42 Å². The number of hydrogen-bond donors (Lipinski definition) is 4. The first kappa shape index (κ1) is 24.8. The molecule has 3 rings (SSSR count). The van der Waals surface area contributed by atoms with E-state index in [1.54, 1.807) is 12.1 Å². The highest BCUT2D eigenvalue weighted by atomic mass is 127. The maximum Gasteiger partial charge on any atom is 0.413 e. The number of carbonyl (C=O) groups excluding carboxylic acids is 1. The van der Waals surface area contributed by atoms with E-state index in [1.165, 1.54) is 0 Å². The molecule has 1 amide bonds. The van der Waals surface area contributed by atoms with Crippen molar-refractivity contribution in [3.05, 3.63) is 77.4 Å². The van der Waals surface area contributed by atoms with Gasteiger partial charge in [-0.05, 0) is 91.8 Å². The number of alkyl halides is 1. The van der Waals surface area contributed by atoms with Crippen molar-refractivity contribution in [3.63, 3.8) is 0 Å². The fraction of sp³-hybridized carbons (Fsp3) is 0.280. The van der Waals surface area contributed by atoms with Crippen molar-refractivity contribution in [2.75, 3.05) is 5.43 Å². The van der Waals surface area contributed by atoms with E-state index in [1.807, 2.05) is 76.3 Å². The fourth-order valence-corrected chi connectivity index (χ4v) is 3.71. The third kappa shape index (κ3) is 7.06. The zero-order valence-corrected chi connectivity index (χ0v) is 21.3. The smallest absolute Gasteiger partial charge is 0.413 e. The monoisotopic (exact) mass is 560 g/mol. The number of benzene rings is 2. The molecule has 33 heavy (non-hydrogen) atoms. The van der Waals surface area contributed by atoms with Crippen molar-refractivity contribution in [3.8, 4) is 11.5 Å². The summed E-state index contributed by atoms with van der Waals surface area (Å²) in [5, 5.41) is 18.0. The minimum absolute atomic E-state index is 0.126. The Morgan fingerprint density at radius 2 is 1.91 bits per heavy atom. The highest BCUT2D eigenvalue weighted by Crippen LogP contribution is 2.32. The summed E-state index contributed by atoms with van der Waals surface area (Å²) in [5.41, 5.74) is 12.7. The van der Waals surface area contributed by atoms with Crippen molar-refractivity contribution < 1.29 is 14.6 Å². The first-order valence-electron chi connectivity index (χ1n) is 10.5. The predicted molar refractivity (Wildman–Crippen MR) is 141 cm³/mol. The Morgan fingerprint density at radius 3 is 2.55 bits per heavy atom. The first-order valence-corrected chi connectivity index (χ1v) is 11.6. The second-order valence-electron chi connectivity index (χ2n) is 9.00. The minimum Gasteiger partial charge on any atom is -0.505 e. The number of hydrogen-bond acceptors (Lipinski definition) is 6. The lowest BCUT2D eigenvalue weighted by molar-refractivity contribution is 0.190. The van der Waals surface area contributed by atoms with Gasteiger partial charge in [0.25, 0.3) is 0 Å². The van der Waals surface area contributed by atoms with E-state index >= 15 is 0 Å². The lowest BCUT2D eigenvalue weighted by atomic mass is 10.0. The summed E-state index contributed by atoms with van der Waals surface area (Å²) in [7, 11) is 0. The van der Waals surface area contributed by atoms with Crippen LogP contribution in [0, 0.1) is 6.92 Å². The molecule has 0 aliphatic heterocycles. The van der Waals surface area contributed by atoms with Gasteiger partial charge < -0.3 is 20.9 Å². The molecule has 1 atom stereocenters. The number of ether oxygens (including phenoxy) is 1. The van der Waals surface area contributed by atoms with Gasteiger partial charge >= 0.3 is 6.09 Å². The molecule has 0 aromatic heterocycles. The van der Waals surface area contributed by atoms with Crippen LogP contribution in [0.25, 0.3) is 0 Å². The molecule has 7 nitrogen and oxygen atoms in total. The molecule has 0 bridgehead atoms. The van der Waals surface area contributed by atoms with Crippen LogP contribution in [0.2, 0.25) is 0 Å². The zero-order chi connectivity index (χ0) is 24.2. The summed E-state index contributed by atoms with van der Waals surface area (Å²) in [6, 6.07) is 11.0. The second kappa shape index (κ2) is 9.96. The number of halogens is 1. The van der Waals surface area contributed by atoms with Crippen molar-refractivity contribution >= 4 is 40.1 Å². The van der Waals surface area contributed by atoms with E-state index in [0.717, 1.165) is 16.7 Å². The highest BCUT2D eigenvalue weighted by Gasteiger charge is 2.24. The van der Waals surface area contributed by atoms with Crippen molar-refractivity contribution in [2.45, 2.75) is 43.2 Å². The molecule has 5 N–H and O–H groups in total. The molecular formula is C25H29IN4O3. The molecule has 0 saturated carbocycles. The standard InChI is InChI=1S/C25H29IN4O3/c1-16-13-18(15-17-8-10-19(11-9-17)33-23(32)28-24(2,3)4)22(31)20(14-16)29-30-21-7-5-6-12-25(21,26)27/h5-14,29,31H,15,27H2,1-4H3,(H,28,32)/b30-21-. The normalized spacial score (nSPS) is 18.9. The summed E-state index contributed by atoms with van der Waals surface area (Å²) in [5.74, 6) is 0.576. The Bertz CT molecular complexity index is 1110. The molecule has 174 valence electrons. The largest absolute Gasteiger partial charge is 0.505 e. The van der Waals surface area contributed by atoms with Gasteiger partial charge in [0.05, 0.1) is 11.4 Å². The quantitative estimate of drug-likeness (QED) is 0.133. The molecule has 0 fully saturated rings. The number of rotatable bonds is 5. The van der Waals surface area contributed by atoms with Crippen LogP contribution in [0.4, 0.5) is 10.5 Å². The first-order chi connectivity index (χ1) is 15.4. The molecule has 2 aromatic rings. The second-order valence-corrected chi connectivity index (χ2v) is 10.8. The van der Waals surface area contributed by atoms with Gasteiger partial charge in [0.1, 0.15) is 15.0 Å². The number of anilines is 1. The molecule has 1 unspecified atom stereocenters. The van der Waals surface area contributed by atoms with Crippen LogP contribution < -0.4 is 21.2 Å². The van der Waals surface area contributed by atoms with E-state index in [-0.39, 0.29) is 11.3 Å². The lowest BCUT2D eigenvalue weighted by Gasteiger charge is -2.21. The number of hydrazone groups is 1. The van der Waals surface area contributed by atoms with Crippen molar-refractivity contribution in [1.82, 2.24) is 5.32 Å². The zero-order valence-electron chi connectivity index (χ0n) is 19.1. The maximum atomic E-state index is 11.9. The van der Waals surface area contributed by atoms with Gasteiger partial charge in [-0.15, -0.1) is 0 Å². The van der Waals surface area contributed by atoms with Gasteiger partial charge in [0.15, 0.2) is 0 Å². The van der Waals surface area contributed by atoms with E-state index in [0.29, 0.717) is 23.6 Å². The third-order valence-corrected chi connectivity index (χ3v) is 5.64. The Balaban J connectivity index is 1.73. The van der Waals surface area contributed by atoms with Crippen LogP contribution in [-0.4, -0.2) is 26.0 Å². The molecule has 1 aliphatic carbocycles. The molecule has 0 spiro atoms. The molecule has 0 radical (unpaired) electrons. The van der Waals surface area contributed by atoms with E-state index < -0.39 is 9.64 Å². The highest BCUT2D eigenvalue weighted by molar-refractivity contribution is 14.1. The molecule has 2 aromatic carbocycles. The van der Waals surface area contributed by atoms with Gasteiger partial charge in [-0.3, -0.25) is 5.43 Å². The van der Waals surface area contributed by atoms with Crippen LogP contribution in [0.5, 0.6) is 11.5 Å². The fourth-order valence-electron chi connectivity index (χ4n) is 3.21. The molecule has 8 heteroatoms. The summed E-state index contributed by atoms with van der Waals surface area (Å²) >= 11 is 2.12. The van der Waals surface area contributed by atoms with Gasteiger partial charge in [-0.25, -0.2) is 4.79 Å². The van der Waals surface area contributed by atoms with E-state index in [2.05, 4.69) is 38.4 Å². The molecule has 0 saturated heterocycles. The number of nitrogens with zero attached hydrogens (tertiary/aromatic N) is 1. The Morgan fingerprint density at radius 1 is 1.21 bits per heavy atom. The molecular weight excluding hydrogens is 531 g/mol. The Labute approximate surface area is 207 Å². The summed E-state index contributed by atoms with van der Waals surface area (Å²) < 4.78 is 4.61. The number of phenolic OH excluding ortho intramolecular Hbond substituents is 1. The maximum absolute atomic E-state index is 11.9. The molecule has 0 heterocycles. The average Bonchev–Trinajstić information content (AvgIpc) is 2.70. The number of carbonyl (C=O) groups is 1. The van der Waals surface area contributed by atoms with Crippen molar-refractivity contribution in [2.24, 2.45) is 10.8 Å². The van der Waals surface area contributed by atoms with Crippen molar-refractivity contribution in [1.29, 1.82) is 0 Å².